The van der Waals surface area contributed by atoms with Crippen molar-refractivity contribution in [3.8, 4) is 33.4 Å². The van der Waals surface area contributed by atoms with Crippen LogP contribution in [0.5, 0.6) is 0 Å². The number of rotatable bonds is 10. The molecule has 0 aliphatic carbocycles. The third kappa shape index (κ3) is 20.6. The molecule has 13 rings (SSSR count). The molecule has 2 amide bonds. The lowest BCUT2D eigenvalue weighted by molar-refractivity contribution is 0.00578. The summed E-state index contributed by atoms with van der Waals surface area (Å²) in [4.78, 5) is 35.0. The summed E-state index contributed by atoms with van der Waals surface area (Å²) in [7, 11) is 10.9. The summed E-state index contributed by atoms with van der Waals surface area (Å²) in [6.45, 7) is 12.9. The number of hydrogen-bond donors (Lipinski definition) is 3. The van der Waals surface area contributed by atoms with E-state index in [0.717, 1.165) is 61.0 Å². The molecule has 0 saturated carbocycles. The molecule has 27 heteroatoms. The SMILES string of the molecule is CC(C)=C(Cl)N(C)C.Cn1cc(-c2ccc(CCl)c(F)c2)cn1.Cn1cc(-c2ccc(CN3Cc4ncccc4C3=O)c(F)c2)cn1.Cn1cc(-c2ccc(CO)c(F)c2)cn1.Cn1cc(B2OC(C)(C)C(C)(C)O2)cn1.O=C1NCc2ncccc21.OCc1ccc(Br)cc1F. The van der Waals surface area contributed by atoms with Crippen LogP contribution < -0.4 is 10.8 Å². The average molecular weight is 1430 g/mol. The van der Waals surface area contributed by atoms with Gasteiger partial charge in [-0.2, -0.15) is 20.4 Å². The van der Waals surface area contributed by atoms with Crippen molar-refractivity contribution in [2.45, 2.75) is 91.5 Å². The fraction of sp³-hybridized carbons (Fsp3) is 0.286. The van der Waals surface area contributed by atoms with Gasteiger partial charge in [0, 0.05) is 141 Å². The number of nitrogens with one attached hydrogen (secondary N) is 1. The Morgan fingerprint density at radius 2 is 1.04 bits per heavy atom. The van der Waals surface area contributed by atoms with Crippen molar-refractivity contribution in [3.05, 3.63) is 242 Å². The number of amides is 2. The van der Waals surface area contributed by atoms with E-state index in [2.05, 4.69) is 51.6 Å². The number of aliphatic hydroxyl groups is 2. The predicted molar refractivity (Wildman–Crippen MR) is 371 cm³/mol. The first-order valence-electron chi connectivity index (χ1n) is 30.3. The largest absolute Gasteiger partial charge is 0.498 e. The Morgan fingerprint density at radius 3 is 1.42 bits per heavy atom. The Morgan fingerprint density at radius 1 is 0.608 bits per heavy atom. The first kappa shape index (κ1) is 75.6. The van der Waals surface area contributed by atoms with Crippen molar-refractivity contribution < 1.29 is 46.7 Å². The number of halogens is 7. The quantitative estimate of drug-likeness (QED) is 0.0504. The Balaban J connectivity index is 0.000000164. The van der Waals surface area contributed by atoms with Gasteiger partial charge in [-0.05, 0) is 118 Å². The molecule has 3 aliphatic rings. The lowest BCUT2D eigenvalue weighted by Gasteiger charge is -2.32. The number of alkyl halides is 1. The molecule has 97 heavy (non-hydrogen) atoms. The fourth-order valence-corrected chi connectivity index (χ4v) is 10.0. The van der Waals surface area contributed by atoms with Gasteiger partial charge in [0.15, 0.2) is 0 Å². The summed E-state index contributed by atoms with van der Waals surface area (Å²) in [5.41, 5.74) is 11.1. The first-order chi connectivity index (χ1) is 46.0. The third-order valence-electron chi connectivity index (χ3n) is 15.5. The van der Waals surface area contributed by atoms with Gasteiger partial charge in [0.2, 0.25) is 0 Å². The molecule has 19 nitrogen and oxygen atoms in total. The number of nitrogens with zero attached hydrogens (tertiary/aromatic N) is 12. The van der Waals surface area contributed by atoms with Gasteiger partial charge < -0.3 is 34.6 Å². The van der Waals surface area contributed by atoms with Gasteiger partial charge in [0.1, 0.15) is 28.4 Å². The highest BCUT2D eigenvalue weighted by molar-refractivity contribution is 9.10. The molecule has 3 N–H and O–H groups in total. The Bertz CT molecular complexity index is 4240. The van der Waals surface area contributed by atoms with Crippen LogP contribution in [-0.2, 0) is 76.2 Å². The zero-order valence-corrected chi connectivity index (χ0v) is 59.0. The van der Waals surface area contributed by atoms with Gasteiger partial charge in [-0.25, -0.2) is 17.6 Å². The maximum atomic E-state index is 14.5. The highest BCUT2D eigenvalue weighted by Gasteiger charge is 2.52. The van der Waals surface area contributed by atoms with E-state index < -0.39 is 0 Å². The average Bonchev–Trinajstić information content (AvgIpc) is 1.64. The van der Waals surface area contributed by atoms with Crippen molar-refractivity contribution in [1.82, 2.24) is 64.2 Å². The van der Waals surface area contributed by atoms with Gasteiger partial charge in [-0.15, -0.1) is 11.6 Å². The predicted octanol–water partition coefficient (Wildman–Crippen LogP) is 12.6. The van der Waals surface area contributed by atoms with Crippen molar-refractivity contribution in [3.63, 3.8) is 0 Å². The number of carbonyl (C=O) groups is 2. The summed E-state index contributed by atoms with van der Waals surface area (Å²) < 4.78 is 73.1. The molecule has 0 spiro atoms. The summed E-state index contributed by atoms with van der Waals surface area (Å²) in [6.07, 6.45) is 17.6. The van der Waals surface area contributed by atoms with E-state index >= 15 is 0 Å². The Labute approximate surface area is 580 Å². The molecular weight excluding hydrogens is 1360 g/mol. The van der Waals surface area contributed by atoms with Gasteiger partial charge in [0.25, 0.3) is 11.8 Å². The van der Waals surface area contributed by atoms with Crippen LogP contribution in [0, 0.1) is 23.3 Å². The second kappa shape index (κ2) is 34.4. The van der Waals surface area contributed by atoms with E-state index in [-0.39, 0.29) is 79.0 Å². The van der Waals surface area contributed by atoms with Gasteiger partial charge in [-0.1, -0.05) is 70.0 Å². The standard InChI is InChI=1S/C18H15FN4O.C11H10ClFN2.C11H11FN2O.C10H17BN2O2.C7H6BrFO.C7H6N2O.C6H12ClN/c1-22-9-14(8-21-22)12-4-5-13(16(19)7-12)10-23-11-17-15(18(23)24)3-2-6-20-17;1-15-7-10(6-14-15)8-2-3-9(5-12)11(13)4-8;1-14-6-10(5-13-14)8-2-3-9(7-15)11(12)4-8;1-9(2)10(3,4)15-11(14-9)8-6-12-13(5)7-8;8-6-2-1-5(4-10)7(9)3-6;10-7-5-2-1-3-8-6(5)4-9-7;1-5(2)6(7)8(3)4/h2-9H,10-11H2,1H3;2-4,6-7H,5H2,1H3;2-6,15H,7H2,1H3;6-7H,1-5H3;1-3,10H,4H2;1-3H,4H2,(H,9,10);1-4H3. The van der Waals surface area contributed by atoms with Gasteiger partial charge in [-0.3, -0.25) is 38.3 Å². The van der Waals surface area contributed by atoms with E-state index in [1.807, 2.05) is 126 Å². The van der Waals surface area contributed by atoms with Crippen LogP contribution in [-0.4, -0.2) is 113 Å². The Hall–Kier alpha value is -8.82. The number of fused-ring (bicyclic) bond motifs is 2. The lowest BCUT2D eigenvalue weighted by atomic mass is 9.82. The molecular formula is C70H77BBrCl2F4N13O6. The van der Waals surface area contributed by atoms with Crippen molar-refractivity contribution in [1.29, 1.82) is 0 Å². The molecule has 10 aromatic rings. The Kier molecular flexibility index (Phi) is 26.8. The van der Waals surface area contributed by atoms with Crippen LogP contribution in [0.4, 0.5) is 17.6 Å². The molecule has 1 saturated heterocycles. The summed E-state index contributed by atoms with van der Waals surface area (Å²) in [5.74, 6) is -1.29. The lowest BCUT2D eigenvalue weighted by Crippen LogP contribution is -2.41. The molecule has 9 heterocycles. The second-order valence-corrected chi connectivity index (χ2v) is 25.4. The summed E-state index contributed by atoms with van der Waals surface area (Å²) in [5, 5.41) is 37.1. The molecule has 0 unspecified atom stereocenters. The second-order valence-electron chi connectivity index (χ2n) is 23.9. The number of aryl methyl sites for hydroxylation is 4. The highest BCUT2D eigenvalue weighted by Crippen LogP contribution is 2.36. The maximum absolute atomic E-state index is 14.5. The minimum Gasteiger partial charge on any atom is -0.399 e. The molecule has 0 atom stereocenters. The van der Waals surface area contributed by atoms with Gasteiger partial charge in [0.05, 0.1) is 84.5 Å². The number of aromatic nitrogens is 10. The van der Waals surface area contributed by atoms with E-state index in [1.165, 1.54) is 24.3 Å². The number of hydrogen-bond acceptors (Lipinski definition) is 13. The number of allylic oxidation sites excluding steroid dienone is 1. The minimum atomic E-state index is -0.390. The fourth-order valence-electron chi connectivity index (χ4n) is 9.45. The highest BCUT2D eigenvalue weighted by atomic mass is 79.9. The van der Waals surface area contributed by atoms with Crippen molar-refractivity contribution in [2.75, 3.05) is 14.1 Å². The molecule has 4 aromatic carbocycles. The van der Waals surface area contributed by atoms with Gasteiger partial charge >= 0.3 is 7.12 Å². The number of carbonyl (C=O) groups excluding carboxylic acids is 2. The van der Waals surface area contributed by atoms with Crippen molar-refractivity contribution >= 4 is 63.5 Å². The van der Waals surface area contributed by atoms with Crippen LogP contribution in [0.3, 0.4) is 0 Å². The molecule has 3 aliphatic heterocycles. The number of aliphatic hydroxyl groups excluding tert-OH is 2. The zero-order valence-electron chi connectivity index (χ0n) is 55.9. The number of pyridine rings is 2. The smallest absolute Gasteiger partial charge is 0.399 e. The zero-order chi connectivity index (χ0) is 70.9. The van der Waals surface area contributed by atoms with Crippen LogP contribution in [0.1, 0.15) is 95.9 Å². The van der Waals surface area contributed by atoms with E-state index in [4.69, 9.17) is 42.7 Å². The van der Waals surface area contributed by atoms with Crippen LogP contribution >= 0.6 is 39.1 Å². The molecule has 0 bridgehead atoms. The topological polar surface area (TPSA) is 209 Å². The molecule has 510 valence electrons. The van der Waals surface area contributed by atoms with E-state index in [9.17, 15) is 27.2 Å². The van der Waals surface area contributed by atoms with Crippen LogP contribution in [0.15, 0.2) is 174 Å². The summed E-state index contributed by atoms with van der Waals surface area (Å²) >= 11 is 14.4. The molecule has 1 fully saturated rings. The number of benzene rings is 4. The molecule has 0 radical (unpaired) electrons. The van der Waals surface area contributed by atoms with E-state index in [0.29, 0.717) is 50.9 Å². The van der Waals surface area contributed by atoms with Crippen molar-refractivity contribution in [2.24, 2.45) is 28.2 Å². The molecule has 6 aromatic heterocycles. The van der Waals surface area contributed by atoms with E-state index in [1.54, 1.807) is 121 Å². The monoisotopic (exact) mass is 1430 g/mol. The van der Waals surface area contributed by atoms with Crippen LogP contribution in [0.25, 0.3) is 33.4 Å². The third-order valence-corrected chi connectivity index (χ3v) is 17.0. The minimum absolute atomic E-state index is 0.0110. The van der Waals surface area contributed by atoms with Crippen LogP contribution in [0.2, 0.25) is 0 Å². The maximum Gasteiger partial charge on any atom is 0.498 e. The normalized spacial score (nSPS) is 13.5. The first-order valence-corrected chi connectivity index (χ1v) is 32.1. The summed E-state index contributed by atoms with van der Waals surface area (Å²) in [6, 6.07) is 26.4.